The van der Waals surface area contributed by atoms with E-state index in [4.69, 9.17) is 0 Å². The lowest BCUT2D eigenvalue weighted by atomic mass is 9.35. The first-order chi connectivity index (χ1) is 40.6. The second kappa shape index (κ2) is 18.9. The fraction of sp³-hybridized carbons (Fsp3) is 0.463. The van der Waals surface area contributed by atoms with Gasteiger partial charge in [0.25, 0.3) is 6.71 Å². The van der Waals surface area contributed by atoms with Gasteiger partial charge in [-0.05, 0) is 240 Å². The summed E-state index contributed by atoms with van der Waals surface area (Å²) in [6.45, 7) is 42.8. The van der Waals surface area contributed by atoms with E-state index >= 15 is 0 Å². The largest absolute Gasteiger partial charge is 0.311 e. The van der Waals surface area contributed by atoms with Gasteiger partial charge in [-0.1, -0.05) is 197 Å². The summed E-state index contributed by atoms with van der Waals surface area (Å²) in [6.07, 6.45) is 12.3. The van der Waals surface area contributed by atoms with Gasteiger partial charge in [-0.15, -0.1) is 11.3 Å². The summed E-state index contributed by atoms with van der Waals surface area (Å²) in [5.74, 6) is 2.64. The number of rotatable bonds is 5. The normalized spacial score (nSPS) is 23.8. The van der Waals surface area contributed by atoms with E-state index in [0.29, 0.717) is 11.8 Å². The average Bonchev–Trinajstić information content (AvgIpc) is 1.20. The number of anilines is 6. The fourth-order valence-corrected chi connectivity index (χ4v) is 20.0. The van der Waals surface area contributed by atoms with Crippen molar-refractivity contribution in [3.63, 3.8) is 0 Å². The molecule has 0 spiro atoms. The number of nitrogens with zero attached hydrogens (tertiary/aromatic N) is 2. The quantitative estimate of drug-likeness (QED) is 0.159. The highest BCUT2D eigenvalue weighted by Crippen LogP contribution is 2.61. The molecule has 4 atom stereocenters. The Kier molecular flexibility index (Phi) is 12.4. The van der Waals surface area contributed by atoms with Gasteiger partial charge in [-0.3, -0.25) is 0 Å². The molecule has 0 amide bonds. The first kappa shape index (κ1) is 56.7. The Balaban J connectivity index is 1.14. The molecule has 0 saturated heterocycles. The first-order valence-corrected chi connectivity index (χ1v) is 34.5. The minimum atomic E-state index is -0.173. The molecule has 2 nitrogen and oxygen atoms in total. The lowest BCUT2D eigenvalue weighted by molar-refractivity contribution is 0.153. The van der Waals surface area contributed by atoms with Crippen LogP contribution in [0.15, 0.2) is 121 Å². The molecule has 8 aromatic rings. The van der Waals surface area contributed by atoms with Gasteiger partial charge < -0.3 is 9.80 Å². The summed E-state index contributed by atoms with van der Waals surface area (Å²) in [5, 5.41) is 1.45. The van der Waals surface area contributed by atoms with Crippen LogP contribution < -0.4 is 25.5 Å². The van der Waals surface area contributed by atoms with Crippen LogP contribution in [0, 0.1) is 11.8 Å². The fourth-order valence-electron chi connectivity index (χ4n) is 18.7. The minimum absolute atomic E-state index is 0.000681. The summed E-state index contributed by atoms with van der Waals surface area (Å²) in [4.78, 5) is 5.76. The van der Waals surface area contributed by atoms with Crippen molar-refractivity contribution in [3.8, 4) is 22.3 Å². The average molecular weight is 1150 g/mol. The molecule has 2 aliphatic heterocycles. The third-order valence-electron chi connectivity index (χ3n) is 24.4. The predicted octanol–water partition coefficient (Wildman–Crippen LogP) is 21.7. The summed E-state index contributed by atoms with van der Waals surface area (Å²) in [5.41, 5.74) is 29.9. The number of thiophene rings is 1. The number of fused-ring (bicyclic) bond motifs is 13. The Labute approximate surface area is 521 Å². The zero-order valence-electron chi connectivity index (χ0n) is 55.3. The molecular formula is C82H95BN2S. The summed E-state index contributed by atoms with van der Waals surface area (Å²) in [6, 6.07) is 50.3. The van der Waals surface area contributed by atoms with Crippen LogP contribution in [0.1, 0.15) is 244 Å². The minimum Gasteiger partial charge on any atom is -0.311 e. The molecule has 1 saturated carbocycles. The Hall–Kier alpha value is -5.84. The maximum Gasteiger partial charge on any atom is 0.264 e. The maximum absolute atomic E-state index is 2.91. The Morgan fingerprint density at radius 1 is 0.500 bits per heavy atom. The number of hydrogen-bond acceptors (Lipinski definition) is 3. The van der Waals surface area contributed by atoms with Crippen LogP contribution in [-0.2, 0) is 37.9 Å². The van der Waals surface area contributed by atoms with E-state index in [1.807, 2.05) is 0 Å². The molecule has 4 unspecified atom stereocenters. The van der Waals surface area contributed by atoms with Gasteiger partial charge >= 0.3 is 0 Å². The van der Waals surface area contributed by atoms with E-state index in [-0.39, 0.29) is 44.6 Å². The second-order valence-corrected chi connectivity index (χ2v) is 34.5. The first-order valence-electron chi connectivity index (χ1n) is 33.7. The highest BCUT2D eigenvalue weighted by atomic mass is 32.1. The molecule has 1 fully saturated rings. The molecule has 3 heterocycles. The monoisotopic (exact) mass is 1150 g/mol. The zero-order chi connectivity index (χ0) is 60.3. The summed E-state index contributed by atoms with van der Waals surface area (Å²) >= 11 is 2.14. The van der Waals surface area contributed by atoms with Crippen molar-refractivity contribution in [2.75, 3.05) is 9.80 Å². The smallest absolute Gasteiger partial charge is 0.264 e. The van der Waals surface area contributed by atoms with Crippen LogP contribution in [0.25, 0.3) is 32.3 Å². The van der Waals surface area contributed by atoms with Crippen molar-refractivity contribution in [1.29, 1.82) is 0 Å². The van der Waals surface area contributed by atoms with Gasteiger partial charge in [-0.2, -0.15) is 0 Å². The molecule has 442 valence electrons. The molecule has 2 bridgehead atoms. The SMILES string of the molecule is CCC1C2CCCC1C(C)c1cc3sc4c(c3cc12)N(c1cc2c(cc1-c1ccccc1)C(C)(C)CCC2(C)C)c1cc(C(C)(C)C)cc2c1B4c1cc3c(cc1N2c1cc2c(cc1-c1ccccc1)C(C)(C)CCC2(C)C)C(C)(C)CCC3(C)C. The lowest BCUT2D eigenvalue weighted by Gasteiger charge is -2.49. The van der Waals surface area contributed by atoms with Crippen molar-refractivity contribution in [2.24, 2.45) is 11.8 Å². The van der Waals surface area contributed by atoms with Crippen molar-refractivity contribution in [3.05, 3.63) is 171 Å². The van der Waals surface area contributed by atoms with Crippen LogP contribution in [0.2, 0.25) is 0 Å². The molecule has 86 heavy (non-hydrogen) atoms. The predicted molar refractivity (Wildman–Crippen MR) is 374 cm³/mol. The molecule has 0 radical (unpaired) electrons. The van der Waals surface area contributed by atoms with Crippen molar-refractivity contribution < 1.29 is 0 Å². The van der Waals surface area contributed by atoms with Crippen molar-refractivity contribution in [1.82, 2.24) is 0 Å². The van der Waals surface area contributed by atoms with Gasteiger partial charge in [0.05, 0.1) is 17.1 Å². The van der Waals surface area contributed by atoms with Gasteiger partial charge in [0, 0.05) is 43.1 Å². The molecule has 15 rings (SSSR count). The standard InChI is InChI=1S/C82H95BN2S/c1-18-52-53-30-25-31-54(52)58-40-59-72(43-55(58)48(53)2)86-75-74(59)85(68-46-64-61(78(8,9)33-36-81(64,14)15)42-57(68)50-28-23-20-24-29-50)71-39-51(76(3,4)5)38-70-73(71)83(75)66-44-62-65(82(16,17)37-34-79(62,10)11)47-69(66)84(70)67-45-63-60(77(6,7)32-35-80(63,12)13)41-56(67)49-26-21-19-22-27-49/h19-24,26-29,38-48,52-54H,18,25,30-37H2,1-17H3. The van der Waals surface area contributed by atoms with Crippen LogP contribution in [0.3, 0.4) is 0 Å². The highest BCUT2D eigenvalue weighted by Gasteiger charge is 2.51. The van der Waals surface area contributed by atoms with Crippen LogP contribution >= 0.6 is 11.3 Å². The molecule has 5 aliphatic carbocycles. The highest BCUT2D eigenvalue weighted by molar-refractivity contribution is 7.33. The Morgan fingerprint density at radius 2 is 0.953 bits per heavy atom. The summed E-state index contributed by atoms with van der Waals surface area (Å²) < 4.78 is 2.96. The molecule has 4 heteroatoms. The van der Waals surface area contributed by atoms with Gasteiger partial charge in [0.1, 0.15) is 0 Å². The zero-order valence-corrected chi connectivity index (χ0v) is 56.1. The molecule has 7 aliphatic rings. The third kappa shape index (κ3) is 8.27. The van der Waals surface area contributed by atoms with E-state index in [1.165, 1.54) is 167 Å². The third-order valence-corrected chi connectivity index (χ3v) is 25.6. The van der Waals surface area contributed by atoms with E-state index in [1.54, 1.807) is 16.7 Å². The van der Waals surface area contributed by atoms with Crippen LogP contribution in [-0.4, -0.2) is 6.71 Å². The molecule has 7 aromatic carbocycles. The molecular weight excluding hydrogens is 1060 g/mol. The Morgan fingerprint density at radius 3 is 1.44 bits per heavy atom. The van der Waals surface area contributed by atoms with E-state index in [9.17, 15) is 0 Å². The van der Waals surface area contributed by atoms with Crippen LogP contribution in [0.5, 0.6) is 0 Å². The second-order valence-electron chi connectivity index (χ2n) is 33.5. The van der Waals surface area contributed by atoms with E-state index in [2.05, 4.69) is 260 Å². The maximum atomic E-state index is 2.91. The lowest BCUT2D eigenvalue weighted by Crippen LogP contribution is -2.61. The number of hydrogen-bond donors (Lipinski definition) is 0. The van der Waals surface area contributed by atoms with Crippen molar-refractivity contribution in [2.45, 2.75) is 232 Å². The van der Waals surface area contributed by atoms with Gasteiger partial charge in [-0.25, -0.2) is 0 Å². The van der Waals surface area contributed by atoms with Gasteiger partial charge in [0.2, 0.25) is 0 Å². The van der Waals surface area contributed by atoms with E-state index < -0.39 is 0 Å². The molecule has 1 aromatic heterocycles. The topological polar surface area (TPSA) is 6.48 Å². The molecule has 0 N–H and O–H groups in total. The van der Waals surface area contributed by atoms with Gasteiger partial charge in [0.15, 0.2) is 0 Å². The van der Waals surface area contributed by atoms with Crippen LogP contribution in [0.4, 0.5) is 34.1 Å². The van der Waals surface area contributed by atoms with Crippen molar-refractivity contribution >= 4 is 78.0 Å². The Bertz CT molecular complexity index is 4120. The van der Waals surface area contributed by atoms with E-state index in [0.717, 1.165) is 24.7 Å². The number of benzene rings is 7. The summed E-state index contributed by atoms with van der Waals surface area (Å²) in [7, 11) is 0.